The normalized spacial score (nSPS) is 21.2. The van der Waals surface area contributed by atoms with Crippen LogP contribution in [0.5, 0.6) is 0 Å². The van der Waals surface area contributed by atoms with E-state index in [9.17, 15) is 0 Å². The van der Waals surface area contributed by atoms with E-state index >= 15 is 0 Å². The van der Waals surface area contributed by atoms with Gasteiger partial charge < -0.3 is 9.74 Å². The lowest BCUT2D eigenvalue weighted by Crippen LogP contribution is -2.46. The maximum absolute atomic E-state index is 5.67. The minimum absolute atomic E-state index is 0.597. The zero-order valence-electron chi connectivity index (χ0n) is 8.28. The largest absolute Gasteiger partial charge is 0.303 e. The molecule has 0 unspecified atom stereocenters. The topological polar surface area (TPSA) is 67.8 Å². The van der Waals surface area contributed by atoms with Crippen LogP contribution in [0.4, 0.5) is 0 Å². The Hall–Kier alpha value is -0.200. The molecule has 0 aliphatic carbocycles. The third-order valence-corrected chi connectivity index (χ3v) is 2.68. The standard InChI is InChI=1S/C8H20N4O/c1-11(6-7-13-10)8-2-4-12(9)5-3-8/h8H,2-7,9-10H2,1H3. The monoisotopic (exact) mass is 188 g/mol. The van der Waals surface area contributed by atoms with Crippen LogP contribution >= 0.6 is 0 Å². The molecule has 0 saturated carbocycles. The van der Waals surface area contributed by atoms with Crippen LogP contribution in [0, 0.1) is 0 Å². The summed E-state index contributed by atoms with van der Waals surface area (Å²) in [5, 5.41) is 1.88. The first-order valence-electron chi connectivity index (χ1n) is 4.75. The fourth-order valence-corrected chi connectivity index (χ4v) is 1.71. The molecule has 4 N–H and O–H groups in total. The summed E-state index contributed by atoms with van der Waals surface area (Å²) in [5.41, 5.74) is 0. The van der Waals surface area contributed by atoms with Crippen LogP contribution in [0.2, 0.25) is 0 Å². The van der Waals surface area contributed by atoms with Gasteiger partial charge in [0.05, 0.1) is 6.61 Å². The number of piperidine rings is 1. The predicted molar refractivity (Wildman–Crippen MR) is 51.6 cm³/mol. The summed E-state index contributed by atoms with van der Waals surface area (Å²) in [6.45, 7) is 3.46. The van der Waals surface area contributed by atoms with Crippen LogP contribution < -0.4 is 11.7 Å². The SMILES string of the molecule is CN(CCON)C1CCN(N)CC1. The Kier molecular flexibility index (Phi) is 4.61. The maximum atomic E-state index is 5.67. The van der Waals surface area contributed by atoms with Crippen molar-refractivity contribution in [3.05, 3.63) is 0 Å². The Morgan fingerprint density at radius 1 is 1.46 bits per heavy atom. The van der Waals surface area contributed by atoms with E-state index in [2.05, 4.69) is 16.8 Å². The molecule has 0 bridgehead atoms. The molecule has 5 heteroatoms. The lowest BCUT2D eigenvalue weighted by atomic mass is 10.1. The highest BCUT2D eigenvalue weighted by Crippen LogP contribution is 2.12. The number of hydrogen-bond donors (Lipinski definition) is 2. The molecule has 0 aromatic carbocycles. The van der Waals surface area contributed by atoms with Crippen LogP contribution in [-0.4, -0.2) is 49.2 Å². The van der Waals surface area contributed by atoms with Gasteiger partial charge in [0, 0.05) is 25.7 Å². The molecule has 13 heavy (non-hydrogen) atoms. The Bertz CT molecular complexity index is 136. The lowest BCUT2D eigenvalue weighted by Gasteiger charge is -2.34. The Morgan fingerprint density at radius 3 is 2.62 bits per heavy atom. The summed E-state index contributed by atoms with van der Waals surface area (Å²) >= 11 is 0. The molecule has 0 aromatic heterocycles. The second-order valence-corrected chi connectivity index (χ2v) is 3.62. The molecule has 5 nitrogen and oxygen atoms in total. The average Bonchev–Trinajstić information content (AvgIpc) is 2.15. The van der Waals surface area contributed by atoms with E-state index < -0.39 is 0 Å². The van der Waals surface area contributed by atoms with Gasteiger partial charge in [-0.1, -0.05) is 0 Å². The fourth-order valence-electron chi connectivity index (χ4n) is 1.71. The molecule has 0 atom stereocenters. The smallest absolute Gasteiger partial charge is 0.0806 e. The molecule has 1 heterocycles. The van der Waals surface area contributed by atoms with E-state index in [-0.39, 0.29) is 0 Å². The highest BCUT2D eigenvalue weighted by molar-refractivity contribution is 4.75. The molecule has 1 fully saturated rings. The van der Waals surface area contributed by atoms with Gasteiger partial charge in [0.2, 0.25) is 0 Å². The van der Waals surface area contributed by atoms with Gasteiger partial charge in [-0.2, -0.15) is 0 Å². The van der Waals surface area contributed by atoms with Gasteiger partial charge in [0.1, 0.15) is 0 Å². The maximum Gasteiger partial charge on any atom is 0.0806 e. The molecule has 0 radical (unpaired) electrons. The first-order chi connectivity index (χ1) is 6.24. The van der Waals surface area contributed by atoms with Crippen molar-refractivity contribution in [2.24, 2.45) is 11.7 Å². The lowest BCUT2D eigenvalue weighted by molar-refractivity contribution is 0.0769. The van der Waals surface area contributed by atoms with E-state index in [0.717, 1.165) is 32.5 Å². The second-order valence-electron chi connectivity index (χ2n) is 3.62. The minimum atomic E-state index is 0.597. The summed E-state index contributed by atoms with van der Waals surface area (Å²) < 4.78 is 0. The highest BCUT2D eigenvalue weighted by Gasteiger charge is 2.20. The number of nitrogens with two attached hydrogens (primary N) is 2. The Balaban J connectivity index is 2.19. The molecule has 1 rings (SSSR count). The van der Waals surface area contributed by atoms with Gasteiger partial charge in [-0.15, -0.1) is 0 Å². The van der Waals surface area contributed by atoms with Crippen LogP contribution in [0.1, 0.15) is 12.8 Å². The van der Waals surface area contributed by atoms with Crippen molar-refractivity contribution in [1.29, 1.82) is 0 Å². The second kappa shape index (κ2) is 5.51. The van der Waals surface area contributed by atoms with Crippen molar-refractivity contribution < 1.29 is 4.84 Å². The molecule has 0 amide bonds. The molecule has 78 valence electrons. The van der Waals surface area contributed by atoms with E-state index in [4.69, 9.17) is 11.7 Å². The highest BCUT2D eigenvalue weighted by atomic mass is 16.6. The molecule has 1 aliphatic heterocycles. The van der Waals surface area contributed by atoms with Crippen LogP contribution in [0.3, 0.4) is 0 Å². The first kappa shape index (κ1) is 10.9. The molecular weight excluding hydrogens is 168 g/mol. The fraction of sp³-hybridized carbons (Fsp3) is 1.00. The summed E-state index contributed by atoms with van der Waals surface area (Å²) in [7, 11) is 2.11. The summed E-state index contributed by atoms with van der Waals surface area (Å²) in [6.07, 6.45) is 2.27. The molecular formula is C8H20N4O. The summed E-state index contributed by atoms with van der Waals surface area (Å²) in [5.74, 6) is 10.6. The molecule has 0 spiro atoms. The Labute approximate surface area is 79.5 Å². The number of hydrogen-bond acceptors (Lipinski definition) is 5. The predicted octanol–water partition coefficient (Wildman–Crippen LogP) is -0.853. The summed E-state index contributed by atoms with van der Waals surface area (Å²) in [6, 6.07) is 0.634. The van der Waals surface area contributed by atoms with Gasteiger partial charge in [-0.3, -0.25) is 5.84 Å². The first-order valence-corrected chi connectivity index (χ1v) is 4.75. The zero-order chi connectivity index (χ0) is 9.68. The number of hydrazine groups is 1. The van der Waals surface area contributed by atoms with Gasteiger partial charge in [0.25, 0.3) is 0 Å². The van der Waals surface area contributed by atoms with Crippen molar-refractivity contribution >= 4 is 0 Å². The zero-order valence-corrected chi connectivity index (χ0v) is 8.28. The molecule has 0 aromatic rings. The van der Waals surface area contributed by atoms with Crippen molar-refractivity contribution in [2.45, 2.75) is 18.9 Å². The van der Waals surface area contributed by atoms with Crippen molar-refractivity contribution in [3.8, 4) is 0 Å². The Morgan fingerprint density at radius 2 is 2.08 bits per heavy atom. The van der Waals surface area contributed by atoms with Crippen LogP contribution in [0.15, 0.2) is 0 Å². The van der Waals surface area contributed by atoms with E-state index in [1.54, 1.807) is 0 Å². The number of rotatable bonds is 4. The quantitative estimate of drug-likeness (QED) is 0.444. The van der Waals surface area contributed by atoms with Crippen LogP contribution in [-0.2, 0) is 4.84 Å². The van der Waals surface area contributed by atoms with Crippen molar-refractivity contribution in [2.75, 3.05) is 33.3 Å². The van der Waals surface area contributed by atoms with E-state index in [1.165, 1.54) is 0 Å². The third kappa shape index (κ3) is 3.58. The van der Waals surface area contributed by atoms with Crippen molar-refractivity contribution in [1.82, 2.24) is 9.91 Å². The minimum Gasteiger partial charge on any atom is -0.303 e. The van der Waals surface area contributed by atoms with Gasteiger partial charge >= 0.3 is 0 Å². The van der Waals surface area contributed by atoms with E-state index in [0.29, 0.717) is 12.6 Å². The number of nitrogens with zero attached hydrogens (tertiary/aromatic N) is 2. The molecule has 1 aliphatic rings. The van der Waals surface area contributed by atoms with Crippen molar-refractivity contribution in [3.63, 3.8) is 0 Å². The van der Waals surface area contributed by atoms with Crippen LogP contribution in [0.25, 0.3) is 0 Å². The van der Waals surface area contributed by atoms with Gasteiger partial charge in [-0.25, -0.2) is 10.9 Å². The van der Waals surface area contributed by atoms with E-state index in [1.807, 2.05) is 5.01 Å². The van der Waals surface area contributed by atoms with Gasteiger partial charge in [0.15, 0.2) is 0 Å². The average molecular weight is 188 g/mol. The number of likely N-dealkylation sites (N-methyl/N-ethyl adjacent to an activating group) is 1. The third-order valence-electron chi connectivity index (χ3n) is 2.68. The van der Waals surface area contributed by atoms with Gasteiger partial charge in [-0.05, 0) is 19.9 Å². The summed E-state index contributed by atoms with van der Waals surface area (Å²) in [4.78, 5) is 6.84. The molecule has 1 saturated heterocycles.